The summed E-state index contributed by atoms with van der Waals surface area (Å²) in [6.07, 6.45) is 1.03. The summed E-state index contributed by atoms with van der Waals surface area (Å²) in [6.45, 7) is 5.16. The molecule has 7 heteroatoms. The highest BCUT2D eigenvalue weighted by molar-refractivity contribution is 7.99. The molecule has 0 radical (unpaired) electrons. The predicted octanol–water partition coefficient (Wildman–Crippen LogP) is 1.52. The number of ether oxygens (including phenoxy) is 1. The minimum Gasteiger partial charge on any atom is -0.383 e. The van der Waals surface area contributed by atoms with Gasteiger partial charge < -0.3 is 9.64 Å². The van der Waals surface area contributed by atoms with Gasteiger partial charge in [0.15, 0.2) is 0 Å². The van der Waals surface area contributed by atoms with Crippen LogP contribution < -0.4 is 0 Å². The lowest BCUT2D eigenvalue weighted by atomic mass is 10.2. The van der Waals surface area contributed by atoms with Gasteiger partial charge in [0.25, 0.3) is 5.91 Å². The summed E-state index contributed by atoms with van der Waals surface area (Å²) in [5.74, 6) is 3.24. The van der Waals surface area contributed by atoms with Crippen LogP contribution in [0.1, 0.15) is 42.6 Å². The highest BCUT2D eigenvalue weighted by Gasteiger charge is 2.29. The van der Waals surface area contributed by atoms with E-state index in [-0.39, 0.29) is 23.7 Å². The van der Waals surface area contributed by atoms with Crippen LogP contribution >= 0.6 is 11.8 Å². The second-order valence-corrected chi connectivity index (χ2v) is 6.36. The van der Waals surface area contributed by atoms with Crippen molar-refractivity contribution in [2.24, 2.45) is 0 Å². The number of aromatic nitrogens is 3. The minimum absolute atomic E-state index is 0.0994. The van der Waals surface area contributed by atoms with E-state index < -0.39 is 0 Å². The van der Waals surface area contributed by atoms with E-state index >= 15 is 0 Å². The minimum atomic E-state index is -0.0994. The molecule has 2 rings (SSSR count). The number of amides is 1. The number of nitrogens with one attached hydrogen (secondary N) is 1. The topological polar surface area (TPSA) is 71.1 Å². The quantitative estimate of drug-likeness (QED) is 0.862. The Morgan fingerprint density at radius 2 is 2.40 bits per heavy atom. The Hall–Kier alpha value is -1.08. The van der Waals surface area contributed by atoms with E-state index in [1.807, 2.05) is 30.5 Å². The Labute approximate surface area is 123 Å². The summed E-state index contributed by atoms with van der Waals surface area (Å²) in [5.41, 5.74) is 0. The maximum absolute atomic E-state index is 12.6. The molecule has 6 nitrogen and oxygen atoms in total. The normalized spacial score (nSPS) is 18.7. The lowest BCUT2D eigenvalue weighted by molar-refractivity contribution is 0.0613. The molecular weight excluding hydrogens is 276 g/mol. The van der Waals surface area contributed by atoms with Crippen LogP contribution in [0.15, 0.2) is 0 Å². The lowest BCUT2D eigenvalue weighted by Gasteiger charge is -2.27. The Morgan fingerprint density at radius 1 is 1.60 bits per heavy atom. The van der Waals surface area contributed by atoms with Crippen molar-refractivity contribution in [3.63, 3.8) is 0 Å². The number of methoxy groups -OCH3 is 1. The number of rotatable bonds is 6. The third-order valence-electron chi connectivity index (χ3n) is 3.38. The molecule has 2 heterocycles. The molecule has 1 atom stereocenters. The maximum Gasteiger partial charge on any atom is 0.293 e. The molecule has 1 amide bonds. The molecule has 1 aliphatic rings. The molecule has 0 bridgehead atoms. The van der Waals surface area contributed by atoms with Crippen LogP contribution in [0.3, 0.4) is 0 Å². The summed E-state index contributed by atoms with van der Waals surface area (Å²) in [5, 5.41) is 6.91. The fourth-order valence-corrected chi connectivity index (χ4v) is 3.39. The number of carbonyl (C=O) groups excluding carboxylic acids is 1. The van der Waals surface area contributed by atoms with E-state index in [1.54, 1.807) is 7.11 Å². The van der Waals surface area contributed by atoms with Crippen molar-refractivity contribution in [3.8, 4) is 0 Å². The van der Waals surface area contributed by atoms with Gasteiger partial charge in [0.1, 0.15) is 5.82 Å². The fourth-order valence-electron chi connectivity index (χ4n) is 2.16. The van der Waals surface area contributed by atoms with E-state index in [9.17, 15) is 4.79 Å². The Bertz CT molecular complexity index is 443. The number of thioether (sulfide) groups is 1. The summed E-state index contributed by atoms with van der Waals surface area (Å²) in [7, 11) is 1.65. The number of nitrogens with zero attached hydrogens (tertiary/aromatic N) is 3. The lowest BCUT2D eigenvalue weighted by Crippen LogP contribution is -2.42. The van der Waals surface area contributed by atoms with Crippen LogP contribution in [0.4, 0.5) is 0 Å². The van der Waals surface area contributed by atoms with Crippen LogP contribution in [0.25, 0.3) is 0 Å². The Morgan fingerprint density at radius 3 is 2.95 bits per heavy atom. The average molecular weight is 298 g/mol. The second kappa shape index (κ2) is 7.08. The highest BCUT2D eigenvalue weighted by atomic mass is 32.2. The number of carbonyl (C=O) groups is 1. The molecule has 1 aromatic heterocycles. The second-order valence-electron chi connectivity index (χ2n) is 5.21. The average Bonchev–Trinajstić information content (AvgIpc) is 3.10. The first-order valence-electron chi connectivity index (χ1n) is 6.93. The molecule has 1 fully saturated rings. The molecular formula is C13H22N4O2S. The molecule has 1 aromatic rings. The first-order valence-corrected chi connectivity index (χ1v) is 8.09. The van der Waals surface area contributed by atoms with Gasteiger partial charge in [0.05, 0.1) is 6.61 Å². The largest absolute Gasteiger partial charge is 0.383 e. The van der Waals surface area contributed by atoms with Gasteiger partial charge in [-0.15, -0.1) is 5.10 Å². The van der Waals surface area contributed by atoms with E-state index in [4.69, 9.17) is 4.74 Å². The first kappa shape index (κ1) is 15.3. The van der Waals surface area contributed by atoms with Gasteiger partial charge in [-0.1, -0.05) is 13.8 Å². The van der Waals surface area contributed by atoms with Gasteiger partial charge in [0, 0.05) is 31.4 Å². The van der Waals surface area contributed by atoms with E-state index in [1.165, 1.54) is 0 Å². The van der Waals surface area contributed by atoms with Crippen molar-refractivity contribution in [2.45, 2.75) is 32.2 Å². The zero-order chi connectivity index (χ0) is 14.5. The highest BCUT2D eigenvalue weighted by Crippen LogP contribution is 2.23. The van der Waals surface area contributed by atoms with Gasteiger partial charge in [-0.2, -0.15) is 11.8 Å². The van der Waals surface area contributed by atoms with E-state index in [2.05, 4.69) is 15.2 Å². The van der Waals surface area contributed by atoms with Gasteiger partial charge in [-0.05, 0) is 12.2 Å². The monoisotopic (exact) mass is 298 g/mol. The van der Waals surface area contributed by atoms with Crippen LogP contribution in [-0.4, -0.2) is 63.8 Å². The molecule has 0 aromatic carbocycles. The zero-order valence-corrected chi connectivity index (χ0v) is 13.1. The molecule has 20 heavy (non-hydrogen) atoms. The summed E-state index contributed by atoms with van der Waals surface area (Å²) in [6, 6.07) is 0.267. The van der Waals surface area contributed by atoms with Crippen molar-refractivity contribution in [2.75, 3.05) is 31.8 Å². The fraction of sp³-hybridized carbons (Fsp3) is 0.769. The molecule has 1 saturated heterocycles. The molecule has 1 aliphatic heterocycles. The van der Waals surface area contributed by atoms with Crippen molar-refractivity contribution in [1.82, 2.24) is 20.1 Å². The number of H-pyrrole nitrogens is 1. The van der Waals surface area contributed by atoms with Gasteiger partial charge >= 0.3 is 0 Å². The number of aromatic amines is 1. The summed E-state index contributed by atoms with van der Waals surface area (Å²) < 4.78 is 5.11. The Balaban J connectivity index is 2.11. The molecule has 0 saturated carbocycles. The van der Waals surface area contributed by atoms with Gasteiger partial charge in [0.2, 0.25) is 5.82 Å². The summed E-state index contributed by atoms with van der Waals surface area (Å²) >= 11 is 1.88. The summed E-state index contributed by atoms with van der Waals surface area (Å²) in [4.78, 5) is 18.8. The SMILES string of the molecule is COCCN(C(=O)c1n[nH]c(C(C)C)n1)C1CCSC1. The number of hydrogen-bond donors (Lipinski definition) is 1. The van der Waals surface area contributed by atoms with Crippen molar-refractivity contribution in [1.29, 1.82) is 0 Å². The van der Waals surface area contributed by atoms with Crippen LogP contribution in [-0.2, 0) is 4.74 Å². The first-order chi connectivity index (χ1) is 9.63. The van der Waals surface area contributed by atoms with E-state index in [0.717, 1.165) is 23.8 Å². The third kappa shape index (κ3) is 3.52. The van der Waals surface area contributed by atoms with Crippen molar-refractivity contribution >= 4 is 17.7 Å². The molecule has 0 spiro atoms. The smallest absolute Gasteiger partial charge is 0.293 e. The third-order valence-corrected chi connectivity index (χ3v) is 4.53. The van der Waals surface area contributed by atoms with Crippen molar-refractivity contribution < 1.29 is 9.53 Å². The van der Waals surface area contributed by atoms with Crippen molar-refractivity contribution in [3.05, 3.63) is 11.6 Å². The standard InChI is InChI=1S/C13H22N4O2S/c1-9(2)11-14-12(16-15-11)13(18)17(5-6-19-3)10-4-7-20-8-10/h9-10H,4-8H2,1-3H3,(H,14,15,16). The van der Waals surface area contributed by atoms with Crippen LogP contribution in [0.2, 0.25) is 0 Å². The van der Waals surface area contributed by atoms with Gasteiger partial charge in [-0.25, -0.2) is 4.98 Å². The molecule has 1 N–H and O–H groups in total. The van der Waals surface area contributed by atoms with Crippen LogP contribution in [0, 0.1) is 0 Å². The molecule has 0 aliphatic carbocycles. The molecule has 112 valence electrons. The Kier molecular flexibility index (Phi) is 5.42. The predicted molar refractivity (Wildman–Crippen MR) is 79.1 cm³/mol. The van der Waals surface area contributed by atoms with Crippen LogP contribution in [0.5, 0.6) is 0 Å². The molecule has 1 unspecified atom stereocenters. The van der Waals surface area contributed by atoms with Gasteiger partial charge in [-0.3, -0.25) is 9.89 Å². The zero-order valence-electron chi connectivity index (χ0n) is 12.3. The maximum atomic E-state index is 12.6. The van der Waals surface area contributed by atoms with E-state index in [0.29, 0.717) is 13.2 Å². The number of hydrogen-bond acceptors (Lipinski definition) is 5.